The number of hydrogen-bond donors (Lipinski definition) is 0. The number of ether oxygens (including phenoxy) is 1. The van der Waals surface area contributed by atoms with Gasteiger partial charge in [-0.25, -0.2) is 0 Å². The zero-order chi connectivity index (χ0) is 18.3. The summed E-state index contributed by atoms with van der Waals surface area (Å²) in [4.78, 5) is 0. The molecule has 3 nitrogen and oxygen atoms in total. The SMILES string of the molecule is CC(C)(C)c1ccc(C2=CC(c3ccccc3)=[O+][SiH-]O2)cc1.COC. The Hall–Kier alpha value is -2.17. The van der Waals surface area contributed by atoms with Gasteiger partial charge in [-0.1, -0.05) is 63.2 Å². The quantitative estimate of drug-likeness (QED) is 0.594. The third-order valence-corrected chi connectivity index (χ3v) is 4.41. The predicted octanol–water partition coefficient (Wildman–Crippen LogP) is 4.30. The van der Waals surface area contributed by atoms with Crippen LogP contribution < -0.4 is 0 Å². The Labute approximate surface area is 153 Å². The molecule has 0 saturated heterocycles. The summed E-state index contributed by atoms with van der Waals surface area (Å²) in [6.07, 6.45) is 1.98. The Morgan fingerprint density at radius 1 is 0.880 bits per heavy atom. The van der Waals surface area contributed by atoms with E-state index in [1.165, 1.54) is 5.56 Å². The van der Waals surface area contributed by atoms with Gasteiger partial charge in [0.2, 0.25) is 0 Å². The molecule has 0 fully saturated rings. The first kappa shape index (κ1) is 19.2. The molecule has 0 unspecified atom stereocenters. The van der Waals surface area contributed by atoms with E-state index in [1.54, 1.807) is 14.2 Å². The molecule has 2 aromatic carbocycles. The minimum absolute atomic E-state index is 0.163. The Bertz CT molecular complexity index is 726. The highest BCUT2D eigenvalue weighted by molar-refractivity contribution is 6.25. The topological polar surface area (TPSA) is 29.8 Å². The van der Waals surface area contributed by atoms with Crippen molar-refractivity contribution in [3.05, 3.63) is 77.4 Å². The molecule has 3 rings (SSSR count). The Morgan fingerprint density at radius 2 is 1.48 bits per heavy atom. The molecule has 4 heteroatoms. The highest BCUT2D eigenvalue weighted by atomic mass is 28.2. The van der Waals surface area contributed by atoms with Crippen molar-refractivity contribution >= 4 is 21.5 Å². The fourth-order valence-electron chi connectivity index (χ4n) is 2.35. The molecule has 2 aromatic rings. The molecule has 0 atom stereocenters. The zero-order valence-corrected chi connectivity index (χ0v) is 16.7. The molecular formula is C21H26O3Si. The summed E-state index contributed by atoms with van der Waals surface area (Å²) in [7, 11) is 2.74. The van der Waals surface area contributed by atoms with Crippen LogP contribution in [0.4, 0.5) is 0 Å². The molecule has 25 heavy (non-hydrogen) atoms. The van der Waals surface area contributed by atoms with Crippen molar-refractivity contribution in [3.8, 4) is 0 Å². The van der Waals surface area contributed by atoms with Crippen LogP contribution in [0.5, 0.6) is 0 Å². The summed E-state index contributed by atoms with van der Waals surface area (Å²) in [5.74, 6) is 1.78. The fraction of sp³-hybridized carbons (Fsp3) is 0.286. The minimum Gasteiger partial charge on any atom is -0.618 e. The molecule has 0 saturated carbocycles. The van der Waals surface area contributed by atoms with Gasteiger partial charge in [-0.05, 0) is 23.1 Å². The average Bonchev–Trinajstić information content (AvgIpc) is 2.63. The molecule has 1 aliphatic heterocycles. The van der Waals surface area contributed by atoms with Gasteiger partial charge in [0.1, 0.15) is 0 Å². The van der Waals surface area contributed by atoms with E-state index < -0.39 is 10.0 Å². The lowest BCUT2D eigenvalue weighted by Crippen LogP contribution is -2.12. The molecule has 0 radical (unpaired) electrons. The third kappa shape index (κ3) is 5.41. The van der Waals surface area contributed by atoms with Crippen LogP contribution in [0, 0.1) is 0 Å². The van der Waals surface area contributed by atoms with Gasteiger partial charge in [0, 0.05) is 19.8 Å². The standard InChI is InChI=1S/C19H20O2Si.C2H6O/c1-19(2,3)16-11-9-15(10-12-16)18-13-17(20-22-21-18)14-7-5-4-6-8-14;1-3-2/h4-13,22H,1-3H3;1-2H3. The normalized spacial score (nSPS) is 13.5. The summed E-state index contributed by atoms with van der Waals surface area (Å²) in [6.45, 7) is 6.66. The molecule has 0 spiro atoms. The summed E-state index contributed by atoms with van der Waals surface area (Å²) in [6, 6.07) is 18.7. The molecule has 0 amide bonds. The summed E-state index contributed by atoms with van der Waals surface area (Å²) >= 11 is 0. The van der Waals surface area contributed by atoms with Crippen molar-refractivity contribution in [1.82, 2.24) is 0 Å². The maximum atomic E-state index is 5.74. The number of rotatable bonds is 2. The average molecular weight is 355 g/mol. The van der Waals surface area contributed by atoms with Crippen LogP contribution in [0.15, 0.2) is 60.7 Å². The van der Waals surface area contributed by atoms with Gasteiger partial charge in [-0.3, -0.25) is 0 Å². The van der Waals surface area contributed by atoms with Crippen molar-refractivity contribution in [2.24, 2.45) is 0 Å². The minimum atomic E-state index is -0.511. The van der Waals surface area contributed by atoms with Crippen molar-refractivity contribution in [1.29, 1.82) is 0 Å². The number of carbonyl (C=O) groups excluding carboxylic acids is 1. The first-order valence-corrected chi connectivity index (χ1v) is 9.20. The van der Waals surface area contributed by atoms with Gasteiger partial charge in [-0.15, -0.1) is 0 Å². The second-order valence-corrected chi connectivity index (χ2v) is 7.47. The van der Waals surface area contributed by atoms with Gasteiger partial charge in [-0.2, -0.15) is 0 Å². The largest absolute Gasteiger partial charge is 0.618 e. The van der Waals surface area contributed by atoms with Crippen molar-refractivity contribution in [3.63, 3.8) is 0 Å². The maximum Gasteiger partial charge on any atom is 0.440 e. The van der Waals surface area contributed by atoms with Crippen molar-refractivity contribution < 1.29 is 13.3 Å². The predicted molar refractivity (Wildman–Crippen MR) is 105 cm³/mol. The lowest BCUT2D eigenvalue weighted by molar-refractivity contribution is -0.101. The summed E-state index contributed by atoms with van der Waals surface area (Å²) < 4.78 is 15.7. The van der Waals surface area contributed by atoms with E-state index >= 15 is 0 Å². The van der Waals surface area contributed by atoms with Gasteiger partial charge in [0.05, 0.1) is 17.4 Å². The number of ketones is 1. The van der Waals surface area contributed by atoms with E-state index in [-0.39, 0.29) is 5.41 Å². The number of hydrogen-bond acceptors (Lipinski definition) is 2. The summed E-state index contributed by atoms with van der Waals surface area (Å²) in [5, 5.41) is 0. The highest BCUT2D eigenvalue weighted by Crippen LogP contribution is 2.25. The third-order valence-electron chi connectivity index (χ3n) is 3.71. The van der Waals surface area contributed by atoms with Crippen LogP contribution in [0.3, 0.4) is 0 Å². The van der Waals surface area contributed by atoms with E-state index in [2.05, 4.69) is 61.9 Å². The number of allylic oxidation sites excluding steroid dienone is 1. The lowest BCUT2D eigenvalue weighted by Gasteiger charge is -2.20. The molecule has 0 N–H and O–H groups in total. The molecule has 1 heterocycles. The second kappa shape index (κ2) is 8.79. The molecular weight excluding hydrogens is 328 g/mol. The van der Waals surface area contributed by atoms with Crippen molar-refractivity contribution in [2.45, 2.75) is 26.2 Å². The van der Waals surface area contributed by atoms with E-state index in [1.807, 2.05) is 24.3 Å². The molecule has 0 bridgehead atoms. The first-order chi connectivity index (χ1) is 12.0. The van der Waals surface area contributed by atoms with E-state index in [0.717, 1.165) is 22.7 Å². The smallest absolute Gasteiger partial charge is 0.440 e. The van der Waals surface area contributed by atoms with E-state index in [4.69, 9.17) is 8.54 Å². The number of methoxy groups -OCH3 is 1. The number of benzene rings is 2. The van der Waals surface area contributed by atoms with Gasteiger partial charge in [0.15, 0.2) is 0 Å². The van der Waals surface area contributed by atoms with Crippen LogP contribution in [0.25, 0.3) is 5.76 Å². The Kier molecular flexibility index (Phi) is 6.73. The van der Waals surface area contributed by atoms with Crippen molar-refractivity contribution in [2.75, 3.05) is 14.2 Å². The fourth-order valence-corrected chi connectivity index (χ4v) is 3.02. The highest BCUT2D eigenvalue weighted by Gasteiger charge is 2.17. The molecule has 0 aromatic heterocycles. The maximum absolute atomic E-state index is 5.74. The van der Waals surface area contributed by atoms with Crippen LogP contribution in [0.2, 0.25) is 0 Å². The van der Waals surface area contributed by atoms with Crippen LogP contribution in [-0.2, 0) is 14.6 Å². The summed E-state index contributed by atoms with van der Waals surface area (Å²) in [5.41, 5.74) is 3.67. The molecule has 0 aliphatic carbocycles. The van der Waals surface area contributed by atoms with E-state index in [9.17, 15) is 0 Å². The van der Waals surface area contributed by atoms with Crippen LogP contribution in [0.1, 0.15) is 41.6 Å². The van der Waals surface area contributed by atoms with Gasteiger partial charge < -0.3 is 13.3 Å². The zero-order valence-electron chi connectivity index (χ0n) is 15.6. The van der Waals surface area contributed by atoms with Gasteiger partial charge in [0.25, 0.3) is 5.78 Å². The first-order valence-electron chi connectivity index (χ1n) is 8.26. The monoisotopic (exact) mass is 354 g/mol. The second-order valence-electron chi connectivity index (χ2n) is 6.81. The van der Waals surface area contributed by atoms with Gasteiger partial charge >= 0.3 is 10.0 Å². The van der Waals surface area contributed by atoms with Crippen LogP contribution in [-0.4, -0.2) is 30.0 Å². The molecule has 132 valence electrons. The lowest BCUT2D eigenvalue weighted by atomic mass is 9.86. The van der Waals surface area contributed by atoms with Crippen LogP contribution >= 0.6 is 0 Å². The molecule has 1 aliphatic rings. The Balaban J connectivity index is 0.000000701. The Morgan fingerprint density at radius 3 is 2.04 bits per heavy atom. The van der Waals surface area contributed by atoms with E-state index in [0.29, 0.717) is 0 Å².